The molecule has 2 N–H and O–H groups in total. The van der Waals surface area contributed by atoms with Gasteiger partial charge in [-0.05, 0) is 31.2 Å². The summed E-state index contributed by atoms with van der Waals surface area (Å²) in [6, 6.07) is 7.82. The second-order valence-corrected chi connectivity index (χ2v) is 6.69. The molecule has 0 aromatic carbocycles. The van der Waals surface area contributed by atoms with Crippen LogP contribution in [0.5, 0.6) is 5.88 Å². The number of rotatable bonds is 2. The maximum absolute atomic E-state index is 13.1. The molecule has 1 aliphatic rings. The van der Waals surface area contributed by atoms with Crippen molar-refractivity contribution < 1.29 is 9.53 Å². The molecule has 5 heterocycles. The predicted octanol–water partition coefficient (Wildman–Crippen LogP) is 2.14. The molecule has 0 unspecified atom stereocenters. The molecular formula is C20H17N7O2. The lowest BCUT2D eigenvalue weighted by Crippen LogP contribution is -2.32. The van der Waals surface area contributed by atoms with E-state index in [0.717, 1.165) is 22.4 Å². The molecule has 0 saturated heterocycles. The highest BCUT2D eigenvalue weighted by atomic mass is 16.5. The van der Waals surface area contributed by atoms with Gasteiger partial charge in [0, 0.05) is 17.3 Å². The van der Waals surface area contributed by atoms with Gasteiger partial charge in [-0.2, -0.15) is 0 Å². The van der Waals surface area contributed by atoms with Crippen molar-refractivity contribution in [2.24, 2.45) is 0 Å². The molecule has 0 aliphatic carbocycles. The molecule has 0 atom stereocenters. The summed E-state index contributed by atoms with van der Waals surface area (Å²) in [7, 11) is 0. The number of pyridine rings is 2. The maximum Gasteiger partial charge on any atom is 0.267 e. The van der Waals surface area contributed by atoms with Gasteiger partial charge in [0.1, 0.15) is 30.0 Å². The normalized spacial score (nSPS) is 13.8. The van der Waals surface area contributed by atoms with Crippen molar-refractivity contribution in [2.45, 2.75) is 6.92 Å². The molecule has 0 saturated carbocycles. The first kappa shape index (κ1) is 17.1. The number of amides is 1. The zero-order valence-corrected chi connectivity index (χ0v) is 15.6. The van der Waals surface area contributed by atoms with Crippen molar-refractivity contribution in [1.29, 1.82) is 0 Å². The van der Waals surface area contributed by atoms with E-state index in [-0.39, 0.29) is 23.2 Å². The summed E-state index contributed by atoms with van der Waals surface area (Å²) in [6.45, 7) is 2.59. The molecule has 5 rings (SSSR count). The van der Waals surface area contributed by atoms with Crippen LogP contribution >= 0.6 is 0 Å². The van der Waals surface area contributed by atoms with Gasteiger partial charge < -0.3 is 15.4 Å². The van der Waals surface area contributed by atoms with E-state index in [9.17, 15) is 4.79 Å². The standard InChI is InChI=1S/C20H17N7O2/c1-12-2-3-14(9-22-12)26-5-4-13-8-15(10-23-18(13)26)27-6-7-29-19-16(20(27)28)17(21)24-11-25-19/h2-5,8-11H,6-7H2,1H3,(H2,21,24,25). The highest BCUT2D eigenvalue weighted by molar-refractivity contribution is 6.11. The van der Waals surface area contributed by atoms with E-state index in [1.165, 1.54) is 6.33 Å². The van der Waals surface area contributed by atoms with Crippen LogP contribution in [0, 0.1) is 6.92 Å². The number of nitrogen functional groups attached to an aromatic ring is 1. The molecule has 0 radical (unpaired) electrons. The van der Waals surface area contributed by atoms with Gasteiger partial charge in [0.2, 0.25) is 5.88 Å². The van der Waals surface area contributed by atoms with Gasteiger partial charge in [-0.3, -0.25) is 14.3 Å². The van der Waals surface area contributed by atoms with E-state index in [0.29, 0.717) is 18.8 Å². The van der Waals surface area contributed by atoms with Crippen molar-refractivity contribution in [3.05, 3.63) is 60.4 Å². The number of carbonyl (C=O) groups is 1. The van der Waals surface area contributed by atoms with Crippen LogP contribution in [0.1, 0.15) is 16.1 Å². The monoisotopic (exact) mass is 387 g/mol. The summed E-state index contributed by atoms with van der Waals surface area (Å²) in [5, 5.41) is 0.901. The van der Waals surface area contributed by atoms with E-state index in [1.807, 2.05) is 42.0 Å². The van der Waals surface area contributed by atoms with Crippen molar-refractivity contribution in [3.63, 3.8) is 0 Å². The first-order valence-electron chi connectivity index (χ1n) is 9.07. The zero-order valence-electron chi connectivity index (χ0n) is 15.6. The molecule has 4 aromatic heterocycles. The number of hydrogen-bond donors (Lipinski definition) is 1. The average Bonchev–Trinajstić information content (AvgIpc) is 3.06. The second-order valence-electron chi connectivity index (χ2n) is 6.69. The fourth-order valence-corrected chi connectivity index (χ4v) is 3.38. The van der Waals surface area contributed by atoms with E-state index in [2.05, 4.69) is 19.9 Å². The zero-order chi connectivity index (χ0) is 20.0. The summed E-state index contributed by atoms with van der Waals surface area (Å²) >= 11 is 0. The van der Waals surface area contributed by atoms with Gasteiger partial charge in [0.25, 0.3) is 5.91 Å². The third-order valence-corrected chi connectivity index (χ3v) is 4.85. The summed E-state index contributed by atoms with van der Waals surface area (Å²) in [5.74, 6) is -0.00469. The van der Waals surface area contributed by atoms with Gasteiger partial charge >= 0.3 is 0 Å². The molecule has 9 heteroatoms. The van der Waals surface area contributed by atoms with Gasteiger partial charge in [-0.25, -0.2) is 15.0 Å². The topological polar surface area (TPSA) is 112 Å². The number of fused-ring (bicyclic) bond motifs is 2. The van der Waals surface area contributed by atoms with Crippen LogP contribution in [-0.4, -0.2) is 43.6 Å². The number of carbonyl (C=O) groups excluding carboxylic acids is 1. The molecule has 0 spiro atoms. The fraction of sp³-hybridized carbons (Fsp3) is 0.150. The Labute approximate surface area is 165 Å². The van der Waals surface area contributed by atoms with Crippen LogP contribution in [0.25, 0.3) is 16.7 Å². The van der Waals surface area contributed by atoms with Crippen LogP contribution in [-0.2, 0) is 0 Å². The first-order chi connectivity index (χ1) is 14.1. The highest BCUT2D eigenvalue weighted by Crippen LogP contribution is 2.29. The van der Waals surface area contributed by atoms with E-state index >= 15 is 0 Å². The quantitative estimate of drug-likeness (QED) is 0.561. The summed E-state index contributed by atoms with van der Waals surface area (Å²) in [6.07, 6.45) is 6.69. The Hall–Kier alpha value is -4.01. The molecule has 0 fully saturated rings. The molecule has 4 aromatic rings. The molecule has 1 aliphatic heterocycles. The number of hydrogen-bond acceptors (Lipinski definition) is 7. The lowest BCUT2D eigenvalue weighted by atomic mass is 10.2. The van der Waals surface area contributed by atoms with Crippen molar-refractivity contribution >= 4 is 28.4 Å². The van der Waals surface area contributed by atoms with E-state index in [4.69, 9.17) is 10.5 Å². The first-order valence-corrected chi connectivity index (χ1v) is 9.07. The Morgan fingerprint density at radius 2 is 1.93 bits per heavy atom. The molecule has 144 valence electrons. The number of nitrogens with zero attached hydrogens (tertiary/aromatic N) is 6. The minimum Gasteiger partial charge on any atom is -0.475 e. The van der Waals surface area contributed by atoms with Gasteiger partial charge in [0.05, 0.1) is 30.3 Å². The maximum atomic E-state index is 13.1. The number of aryl methyl sites for hydroxylation is 1. The second kappa shape index (κ2) is 6.55. The Balaban J connectivity index is 1.55. The van der Waals surface area contributed by atoms with Crippen molar-refractivity contribution in [2.75, 3.05) is 23.8 Å². The Morgan fingerprint density at radius 3 is 2.76 bits per heavy atom. The van der Waals surface area contributed by atoms with E-state index < -0.39 is 0 Å². The lowest BCUT2D eigenvalue weighted by molar-refractivity contribution is 0.0990. The third-order valence-electron chi connectivity index (χ3n) is 4.85. The summed E-state index contributed by atoms with van der Waals surface area (Å²) in [4.78, 5) is 31.6. The van der Waals surface area contributed by atoms with Gasteiger partial charge in [-0.15, -0.1) is 0 Å². The number of aromatic nitrogens is 5. The summed E-state index contributed by atoms with van der Waals surface area (Å²) in [5.41, 5.74) is 9.39. The van der Waals surface area contributed by atoms with Crippen LogP contribution in [0.4, 0.5) is 11.5 Å². The largest absolute Gasteiger partial charge is 0.475 e. The van der Waals surface area contributed by atoms with Crippen LogP contribution in [0.15, 0.2) is 49.2 Å². The summed E-state index contributed by atoms with van der Waals surface area (Å²) < 4.78 is 7.54. The van der Waals surface area contributed by atoms with Gasteiger partial charge in [0.15, 0.2) is 0 Å². The predicted molar refractivity (Wildman–Crippen MR) is 107 cm³/mol. The molecule has 1 amide bonds. The number of anilines is 2. The third kappa shape index (κ3) is 2.83. The van der Waals surface area contributed by atoms with Crippen LogP contribution < -0.4 is 15.4 Å². The fourth-order valence-electron chi connectivity index (χ4n) is 3.38. The van der Waals surface area contributed by atoms with Crippen molar-refractivity contribution in [3.8, 4) is 11.6 Å². The smallest absolute Gasteiger partial charge is 0.267 e. The molecule has 0 bridgehead atoms. The number of ether oxygens (including phenoxy) is 1. The van der Waals surface area contributed by atoms with Crippen LogP contribution in [0.2, 0.25) is 0 Å². The Bertz CT molecular complexity index is 1230. The highest BCUT2D eigenvalue weighted by Gasteiger charge is 2.29. The average molecular weight is 387 g/mol. The van der Waals surface area contributed by atoms with E-state index in [1.54, 1.807) is 17.3 Å². The molecule has 9 nitrogen and oxygen atoms in total. The Kier molecular flexibility index (Phi) is 3.87. The van der Waals surface area contributed by atoms with Crippen molar-refractivity contribution in [1.82, 2.24) is 24.5 Å². The van der Waals surface area contributed by atoms with Gasteiger partial charge in [-0.1, -0.05) is 0 Å². The lowest BCUT2D eigenvalue weighted by Gasteiger charge is -2.20. The Morgan fingerprint density at radius 1 is 1.07 bits per heavy atom. The molecule has 29 heavy (non-hydrogen) atoms. The SMILES string of the molecule is Cc1ccc(-n2ccc3cc(N4CCOc5ncnc(N)c5C4=O)cnc32)cn1. The minimum atomic E-state index is -0.307. The minimum absolute atomic E-state index is 0.0963. The number of nitrogens with two attached hydrogens (primary N) is 1. The van der Waals surface area contributed by atoms with Crippen LogP contribution in [0.3, 0.4) is 0 Å². The molecular weight excluding hydrogens is 370 g/mol.